The van der Waals surface area contributed by atoms with Crippen molar-refractivity contribution in [1.29, 1.82) is 0 Å². The van der Waals surface area contributed by atoms with E-state index < -0.39 is 12.7 Å². The van der Waals surface area contributed by atoms with Crippen molar-refractivity contribution < 1.29 is 17.9 Å². The van der Waals surface area contributed by atoms with Gasteiger partial charge in [-0.1, -0.05) is 42.5 Å². The lowest BCUT2D eigenvalue weighted by atomic mass is 10.1. The highest BCUT2D eigenvalue weighted by molar-refractivity contribution is 5.29. The van der Waals surface area contributed by atoms with Crippen LogP contribution in [0.15, 0.2) is 54.6 Å². The Morgan fingerprint density at radius 2 is 1.70 bits per heavy atom. The highest BCUT2D eigenvalue weighted by Crippen LogP contribution is 2.17. The molecule has 1 N–H and O–H groups in total. The van der Waals surface area contributed by atoms with E-state index in [0.29, 0.717) is 13.0 Å². The largest absolute Gasteiger partial charge is 0.489 e. The number of benzene rings is 2. The maximum Gasteiger partial charge on any atom is 0.401 e. The average molecular weight is 323 g/mol. The highest BCUT2D eigenvalue weighted by atomic mass is 19.4. The van der Waals surface area contributed by atoms with Crippen LogP contribution in [0.25, 0.3) is 0 Å². The van der Waals surface area contributed by atoms with Gasteiger partial charge in [-0.15, -0.1) is 0 Å². The molecule has 124 valence electrons. The van der Waals surface area contributed by atoms with Crippen molar-refractivity contribution in [3.63, 3.8) is 0 Å². The van der Waals surface area contributed by atoms with Gasteiger partial charge in [0.15, 0.2) is 0 Å². The molecule has 5 heteroatoms. The molecule has 0 aliphatic carbocycles. The van der Waals surface area contributed by atoms with Gasteiger partial charge in [0.1, 0.15) is 12.4 Å². The van der Waals surface area contributed by atoms with Crippen LogP contribution in [0.3, 0.4) is 0 Å². The van der Waals surface area contributed by atoms with Crippen LogP contribution in [0, 0.1) is 0 Å². The lowest BCUT2D eigenvalue weighted by molar-refractivity contribution is -0.126. The highest BCUT2D eigenvalue weighted by Gasteiger charge is 2.27. The second-order valence-corrected chi connectivity index (χ2v) is 5.52. The van der Waals surface area contributed by atoms with Gasteiger partial charge in [-0.2, -0.15) is 13.2 Å². The first-order valence-corrected chi connectivity index (χ1v) is 7.48. The molecule has 0 aliphatic rings. The van der Waals surface area contributed by atoms with E-state index in [2.05, 4.69) is 5.32 Å². The molecule has 0 heterocycles. The van der Waals surface area contributed by atoms with Gasteiger partial charge in [0.05, 0.1) is 6.54 Å². The van der Waals surface area contributed by atoms with Gasteiger partial charge >= 0.3 is 6.18 Å². The Balaban J connectivity index is 1.86. The van der Waals surface area contributed by atoms with E-state index in [9.17, 15) is 13.2 Å². The molecule has 0 fully saturated rings. The summed E-state index contributed by atoms with van der Waals surface area (Å²) in [4.78, 5) is 0. The molecule has 1 atom stereocenters. The summed E-state index contributed by atoms with van der Waals surface area (Å²) in [6.45, 7) is 1.23. The first-order valence-electron chi connectivity index (χ1n) is 7.48. The minimum Gasteiger partial charge on any atom is -0.489 e. The van der Waals surface area contributed by atoms with Gasteiger partial charge in [-0.05, 0) is 36.6 Å². The fourth-order valence-electron chi connectivity index (χ4n) is 2.22. The van der Waals surface area contributed by atoms with Crippen molar-refractivity contribution in [1.82, 2.24) is 5.32 Å². The monoisotopic (exact) mass is 323 g/mol. The van der Waals surface area contributed by atoms with Crippen LogP contribution in [0.5, 0.6) is 5.75 Å². The molecule has 23 heavy (non-hydrogen) atoms. The number of halogens is 3. The Morgan fingerprint density at radius 3 is 2.39 bits per heavy atom. The average Bonchev–Trinajstić information content (AvgIpc) is 2.52. The molecular weight excluding hydrogens is 303 g/mol. The van der Waals surface area contributed by atoms with Crippen LogP contribution in [0.1, 0.15) is 18.1 Å². The zero-order chi connectivity index (χ0) is 16.7. The standard InChI is InChI=1S/C18H20F3NO/c1-14(22-13-18(19,20)21)10-16-8-5-9-17(11-16)23-12-15-6-3-2-4-7-15/h2-9,11,14,22H,10,12-13H2,1H3. The minimum atomic E-state index is -4.19. The molecule has 0 spiro atoms. The topological polar surface area (TPSA) is 21.3 Å². The molecule has 0 amide bonds. The normalized spacial score (nSPS) is 12.9. The third kappa shape index (κ3) is 6.74. The molecule has 1 unspecified atom stereocenters. The second kappa shape index (κ2) is 8.02. The van der Waals surface area contributed by atoms with Crippen LogP contribution >= 0.6 is 0 Å². The third-order valence-corrected chi connectivity index (χ3v) is 3.34. The summed E-state index contributed by atoms with van der Waals surface area (Å²) in [5, 5.41) is 2.48. The fourth-order valence-corrected chi connectivity index (χ4v) is 2.22. The summed E-state index contributed by atoms with van der Waals surface area (Å²) in [7, 11) is 0. The third-order valence-electron chi connectivity index (χ3n) is 3.34. The van der Waals surface area contributed by atoms with Crippen molar-refractivity contribution in [2.45, 2.75) is 32.2 Å². The molecule has 0 saturated carbocycles. The number of hydrogen-bond acceptors (Lipinski definition) is 2. The zero-order valence-corrected chi connectivity index (χ0v) is 12.9. The molecule has 0 bridgehead atoms. The van der Waals surface area contributed by atoms with Crippen LogP contribution in [0.2, 0.25) is 0 Å². The molecule has 2 rings (SSSR count). The lowest BCUT2D eigenvalue weighted by Gasteiger charge is -2.16. The second-order valence-electron chi connectivity index (χ2n) is 5.52. The first kappa shape index (κ1) is 17.3. The number of nitrogens with one attached hydrogen (secondary N) is 1. The quantitative estimate of drug-likeness (QED) is 0.818. The van der Waals surface area contributed by atoms with Crippen molar-refractivity contribution in [3.8, 4) is 5.75 Å². The van der Waals surface area contributed by atoms with Gasteiger partial charge in [-0.25, -0.2) is 0 Å². The van der Waals surface area contributed by atoms with Gasteiger partial charge < -0.3 is 10.1 Å². The molecule has 0 aliphatic heterocycles. The maximum absolute atomic E-state index is 12.2. The predicted octanol–water partition coefficient (Wildman–Crippen LogP) is 4.35. The van der Waals surface area contributed by atoms with Gasteiger partial charge in [-0.3, -0.25) is 0 Å². The Morgan fingerprint density at radius 1 is 1.00 bits per heavy atom. The van der Waals surface area contributed by atoms with E-state index in [4.69, 9.17) is 4.74 Å². The maximum atomic E-state index is 12.2. The smallest absolute Gasteiger partial charge is 0.401 e. The van der Waals surface area contributed by atoms with Crippen molar-refractivity contribution in [2.24, 2.45) is 0 Å². The SMILES string of the molecule is CC(Cc1cccc(OCc2ccccc2)c1)NCC(F)(F)F. The molecule has 2 aromatic rings. The van der Waals surface area contributed by atoms with E-state index in [1.54, 1.807) is 6.92 Å². The predicted molar refractivity (Wildman–Crippen MR) is 84.4 cm³/mol. The van der Waals surface area contributed by atoms with E-state index in [-0.39, 0.29) is 6.04 Å². The van der Waals surface area contributed by atoms with Crippen LogP contribution < -0.4 is 10.1 Å². The molecule has 0 saturated heterocycles. The van der Waals surface area contributed by atoms with Gasteiger partial charge in [0, 0.05) is 6.04 Å². The molecule has 2 nitrogen and oxygen atoms in total. The molecular formula is C18H20F3NO. The number of ether oxygens (including phenoxy) is 1. The van der Waals surface area contributed by atoms with Crippen molar-refractivity contribution >= 4 is 0 Å². The van der Waals surface area contributed by atoms with Crippen LogP contribution in [0.4, 0.5) is 13.2 Å². The first-order chi connectivity index (χ1) is 10.9. The summed E-state index contributed by atoms with van der Waals surface area (Å²) < 4.78 is 42.3. The van der Waals surface area contributed by atoms with E-state index >= 15 is 0 Å². The zero-order valence-electron chi connectivity index (χ0n) is 12.9. The summed E-state index contributed by atoms with van der Waals surface area (Å²) >= 11 is 0. The molecule has 0 aromatic heterocycles. The number of alkyl halides is 3. The lowest BCUT2D eigenvalue weighted by Crippen LogP contribution is -2.36. The Kier molecular flexibility index (Phi) is 6.04. The van der Waals surface area contributed by atoms with Crippen molar-refractivity contribution in [3.05, 3.63) is 65.7 Å². The fraction of sp³-hybridized carbons (Fsp3) is 0.333. The minimum absolute atomic E-state index is 0.263. The van der Waals surface area contributed by atoms with E-state index in [1.807, 2.05) is 54.6 Å². The molecule has 0 radical (unpaired) electrons. The van der Waals surface area contributed by atoms with Gasteiger partial charge in [0.2, 0.25) is 0 Å². The Labute approximate surface area is 134 Å². The molecule has 2 aromatic carbocycles. The Bertz CT molecular complexity index is 599. The van der Waals surface area contributed by atoms with E-state index in [0.717, 1.165) is 16.9 Å². The summed E-state index contributed by atoms with van der Waals surface area (Å²) in [6, 6.07) is 17.0. The van der Waals surface area contributed by atoms with Gasteiger partial charge in [0.25, 0.3) is 0 Å². The summed E-state index contributed by atoms with van der Waals surface area (Å²) in [6.07, 6.45) is -3.67. The van der Waals surface area contributed by atoms with Crippen molar-refractivity contribution in [2.75, 3.05) is 6.54 Å². The number of rotatable bonds is 7. The Hall–Kier alpha value is -2.01. The summed E-state index contributed by atoms with van der Waals surface area (Å²) in [5.41, 5.74) is 2.01. The van der Waals surface area contributed by atoms with Crippen LogP contribution in [-0.2, 0) is 13.0 Å². The summed E-state index contributed by atoms with van der Waals surface area (Å²) in [5.74, 6) is 0.717. The number of hydrogen-bond donors (Lipinski definition) is 1. The van der Waals surface area contributed by atoms with E-state index in [1.165, 1.54) is 0 Å². The van der Waals surface area contributed by atoms with Crippen LogP contribution in [-0.4, -0.2) is 18.8 Å².